The van der Waals surface area contributed by atoms with Crippen LogP contribution in [0.4, 0.5) is 4.79 Å². The molecule has 0 aliphatic carbocycles. The summed E-state index contributed by atoms with van der Waals surface area (Å²) in [5, 5.41) is 4.11. The van der Waals surface area contributed by atoms with Crippen LogP contribution in [-0.2, 0) is 4.74 Å². The molecule has 1 N–H and O–H groups in total. The van der Waals surface area contributed by atoms with Crippen LogP contribution in [0.5, 0.6) is 0 Å². The van der Waals surface area contributed by atoms with Crippen LogP contribution >= 0.6 is 11.6 Å². The fourth-order valence-corrected chi connectivity index (χ4v) is 2.04. The van der Waals surface area contributed by atoms with E-state index in [-0.39, 0.29) is 12.1 Å². The van der Waals surface area contributed by atoms with Gasteiger partial charge in [0.1, 0.15) is 6.61 Å². The maximum Gasteiger partial charge on any atom is 0.409 e. The van der Waals surface area contributed by atoms with Crippen molar-refractivity contribution in [2.24, 2.45) is 0 Å². The number of ether oxygens (including phenoxy) is 1. The first-order valence-electron chi connectivity index (χ1n) is 6.07. The van der Waals surface area contributed by atoms with Gasteiger partial charge in [0.15, 0.2) is 0 Å². The normalized spacial score (nSPS) is 16.8. The zero-order valence-electron chi connectivity index (χ0n) is 10.4. The van der Waals surface area contributed by atoms with E-state index in [2.05, 4.69) is 12.2 Å². The zero-order chi connectivity index (χ0) is 13.0. The number of amides is 1. The van der Waals surface area contributed by atoms with E-state index in [1.807, 2.05) is 24.3 Å². The van der Waals surface area contributed by atoms with E-state index in [4.69, 9.17) is 16.3 Å². The third-order valence-corrected chi connectivity index (χ3v) is 3.30. The molecule has 4 nitrogen and oxygen atoms in total. The van der Waals surface area contributed by atoms with Crippen molar-refractivity contribution in [3.8, 4) is 0 Å². The van der Waals surface area contributed by atoms with Crippen molar-refractivity contribution in [1.82, 2.24) is 10.2 Å². The number of hydrogen-bond donors (Lipinski definition) is 1. The van der Waals surface area contributed by atoms with Gasteiger partial charge in [-0.1, -0.05) is 23.7 Å². The predicted octanol–water partition coefficient (Wildman–Crippen LogP) is 2.44. The molecule has 1 aromatic rings. The van der Waals surface area contributed by atoms with Gasteiger partial charge in [-0.2, -0.15) is 0 Å². The lowest BCUT2D eigenvalue weighted by molar-refractivity contribution is 0.158. The van der Waals surface area contributed by atoms with Crippen molar-refractivity contribution >= 4 is 17.7 Å². The SMILES string of the molecule is CC(NCCN1CCOC1=O)c1ccc(Cl)cc1. The largest absolute Gasteiger partial charge is 0.448 e. The molecule has 1 aliphatic rings. The first kappa shape index (κ1) is 13.2. The minimum atomic E-state index is -0.212. The van der Waals surface area contributed by atoms with Crippen LogP contribution in [0.1, 0.15) is 18.5 Å². The Labute approximate surface area is 112 Å². The lowest BCUT2D eigenvalue weighted by Gasteiger charge is -2.17. The van der Waals surface area contributed by atoms with Gasteiger partial charge in [0.05, 0.1) is 6.54 Å². The van der Waals surface area contributed by atoms with Gasteiger partial charge in [0.2, 0.25) is 0 Å². The molecule has 98 valence electrons. The maximum atomic E-state index is 11.2. The first-order chi connectivity index (χ1) is 8.66. The number of carbonyl (C=O) groups is 1. The Balaban J connectivity index is 1.76. The highest BCUT2D eigenvalue weighted by Gasteiger charge is 2.21. The van der Waals surface area contributed by atoms with E-state index in [0.29, 0.717) is 19.7 Å². The minimum absolute atomic E-state index is 0.212. The summed E-state index contributed by atoms with van der Waals surface area (Å²) in [6, 6.07) is 8.01. The van der Waals surface area contributed by atoms with E-state index in [9.17, 15) is 4.79 Å². The highest BCUT2D eigenvalue weighted by molar-refractivity contribution is 6.30. The van der Waals surface area contributed by atoms with Gasteiger partial charge < -0.3 is 15.0 Å². The molecule has 1 atom stereocenters. The molecule has 18 heavy (non-hydrogen) atoms. The number of rotatable bonds is 5. The van der Waals surface area contributed by atoms with Gasteiger partial charge in [-0.25, -0.2) is 4.79 Å². The van der Waals surface area contributed by atoms with Crippen LogP contribution in [-0.4, -0.2) is 37.2 Å². The van der Waals surface area contributed by atoms with Crippen molar-refractivity contribution < 1.29 is 9.53 Å². The summed E-state index contributed by atoms with van der Waals surface area (Å²) in [4.78, 5) is 12.9. The van der Waals surface area contributed by atoms with E-state index in [0.717, 1.165) is 11.6 Å². The average Bonchev–Trinajstić information content (AvgIpc) is 2.76. The first-order valence-corrected chi connectivity index (χ1v) is 6.45. The summed E-state index contributed by atoms with van der Waals surface area (Å²) < 4.78 is 4.87. The second kappa shape index (κ2) is 6.07. The minimum Gasteiger partial charge on any atom is -0.448 e. The molecule has 2 rings (SSSR count). The van der Waals surface area contributed by atoms with Crippen LogP contribution in [0.2, 0.25) is 5.02 Å². The van der Waals surface area contributed by atoms with E-state index >= 15 is 0 Å². The molecule has 1 aliphatic heterocycles. The zero-order valence-corrected chi connectivity index (χ0v) is 11.1. The number of carbonyl (C=O) groups excluding carboxylic acids is 1. The summed E-state index contributed by atoms with van der Waals surface area (Å²) in [7, 11) is 0. The van der Waals surface area contributed by atoms with Crippen LogP contribution in [0.3, 0.4) is 0 Å². The number of nitrogens with zero attached hydrogens (tertiary/aromatic N) is 1. The van der Waals surface area contributed by atoms with Crippen LogP contribution in [0.25, 0.3) is 0 Å². The average molecular weight is 269 g/mol. The molecule has 1 aromatic carbocycles. The van der Waals surface area contributed by atoms with Gasteiger partial charge in [-0.15, -0.1) is 0 Å². The van der Waals surface area contributed by atoms with Crippen molar-refractivity contribution in [2.75, 3.05) is 26.2 Å². The molecule has 1 saturated heterocycles. The fourth-order valence-electron chi connectivity index (χ4n) is 1.91. The summed E-state index contributed by atoms with van der Waals surface area (Å²) in [6.07, 6.45) is -0.212. The molecule has 0 aromatic heterocycles. The van der Waals surface area contributed by atoms with Crippen molar-refractivity contribution in [3.63, 3.8) is 0 Å². The summed E-state index contributed by atoms with van der Waals surface area (Å²) in [5.41, 5.74) is 1.18. The molecule has 0 bridgehead atoms. The summed E-state index contributed by atoms with van der Waals surface area (Å²) in [6.45, 7) is 4.71. The van der Waals surface area contributed by atoms with E-state index in [1.54, 1.807) is 4.90 Å². The highest BCUT2D eigenvalue weighted by Crippen LogP contribution is 2.15. The van der Waals surface area contributed by atoms with Gasteiger partial charge in [0.25, 0.3) is 0 Å². The van der Waals surface area contributed by atoms with Crippen molar-refractivity contribution in [2.45, 2.75) is 13.0 Å². The Bertz CT molecular complexity index is 408. The molecule has 1 fully saturated rings. The lowest BCUT2D eigenvalue weighted by Crippen LogP contribution is -2.33. The Hall–Kier alpha value is -1.26. The fraction of sp³-hybridized carbons (Fsp3) is 0.462. The topological polar surface area (TPSA) is 41.6 Å². The molecule has 0 radical (unpaired) electrons. The number of cyclic esters (lactones) is 1. The monoisotopic (exact) mass is 268 g/mol. The van der Waals surface area contributed by atoms with Gasteiger partial charge in [-0.05, 0) is 24.6 Å². The van der Waals surface area contributed by atoms with Gasteiger partial charge >= 0.3 is 6.09 Å². The number of nitrogens with one attached hydrogen (secondary N) is 1. The van der Waals surface area contributed by atoms with Gasteiger partial charge in [-0.3, -0.25) is 0 Å². The standard InChI is InChI=1S/C13H17ClN2O2/c1-10(11-2-4-12(14)5-3-11)15-6-7-16-8-9-18-13(16)17/h2-5,10,15H,6-9H2,1H3. The second-order valence-electron chi connectivity index (χ2n) is 4.33. The third-order valence-electron chi connectivity index (χ3n) is 3.05. The quantitative estimate of drug-likeness (QED) is 0.892. The maximum absolute atomic E-state index is 11.2. The van der Waals surface area contributed by atoms with E-state index < -0.39 is 0 Å². The smallest absolute Gasteiger partial charge is 0.409 e. The summed E-state index contributed by atoms with van der Waals surface area (Å²) >= 11 is 5.84. The number of halogens is 1. The van der Waals surface area contributed by atoms with Crippen LogP contribution in [0.15, 0.2) is 24.3 Å². The van der Waals surface area contributed by atoms with Crippen LogP contribution < -0.4 is 5.32 Å². The third kappa shape index (κ3) is 3.37. The Morgan fingerprint density at radius 2 is 2.17 bits per heavy atom. The molecule has 5 heteroatoms. The lowest BCUT2D eigenvalue weighted by atomic mass is 10.1. The molecule has 1 unspecified atom stereocenters. The van der Waals surface area contributed by atoms with Crippen LogP contribution in [0, 0.1) is 0 Å². The highest BCUT2D eigenvalue weighted by atomic mass is 35.5. The Kier molecular flexibility index (Phi) is 4.44. The molecule has 0 saturated carbocycles. The Morgan fingerprint density at radius 1 is 1.44 bits per heavy atom. The second-order valence-corrected chi connectivity index (χ2v) is 4.77. The van der Waals surface area contributed by atoms with Crippen molar-refractivity contribution in [3.05, 3.63) is 34.9 Å². The number of benzene rings is 1. The van der Waals surface area contributed by atoms with Gasteiger partial charge in [0, 0.05) is 24.2 Å². The van der Waals surface area contributed by atoms with Crippen molar-refractivity contribution in [1.29, 1.82) is 0 Å². The molecule has 1 amide bonds. The predicted molar refractivity (Wildman–Crippen MR) is 70.8 cm³/mol. The molecule has 1 heterocycles. The number of hydrogen-bond acceptors (Lipinski definition) is 3. The summed E-state index contributed by atoms with van der Waals surface area (Å²) in [5.74, 6) is 0. The molecular weight excluding hydrogens is 252 g/mol. The molecule has 0 spiro atoms. The van der Waals surface area contributed by atoms with E-state index in [1.165, 1.54) is 5.56 Å². The molecular formula is C13H17ClN2O2. The Morgan fingerprint density at radius 3 is 2.78 bits per heavy atom.